The highest BCUT2D eigenvalue weighted by Crippen LogP contribution is 2.22. The number of benzene rings is 1. The van der Waals surface area contributed by atoms with E-state index in [2.05, 4.69) is 0 Å². The number of halogens is 1. The van der Waals surface area contributed by atoms with Crippen LogP contribution in [0.15, 0.2) is 18.2 Å². The van der Waals surface area contributed by atoms with Gasteiger partial charge in [-0.3, -0.25) is 5.41 Å². The molecule has 1 heterocycles. The van der Waals surface area contributed by atoms with E-state index in [0.717, 1.165) is 0 Å². The molecule has 6 nitrogen and oxygen atoms in total. The number of piperazine rings is 1. The van der Waals surface area contributed by atoms with Crippen molar-refractivity contribution in [2.45, 2.75) is 0 Å². The third-order valence-corrected chi connectivity index (χ3v) is 4.61. The number of amidine groups is 1. The molecule has 8 heteroatoms. The first-order valence-electron chi connectivity index (χ1n) is 6.13. The summed E-state index contributed by atoms with van der Waals surface area (Å²) in [5.74, 6) is -0.636. The van der Waals surface area contributed by atoms with Crippen molar-refractivity contribution in [2.24, 2.45) is 5.73 Å². The van der Waals surface area contributed by atoms with E-state index in [9.17, 15) is 12.8 Å². The van der Waals surface area contributed by atoms with Crippen LogP contribution < -0.4 is 10.6 Å². The van der Waals surface area contributed by atoms with Crippen LogP contribution in [0.4, 0.5) is 10.1 Å². The fraction of sp³-hybridized carbons (Fsp3) is 0.417. The maximum Gasteiger partial charge on any atom is 0.211 e. The Labute approximate surface area is 117 Å². The van der Waals surface area contributed by atoms with Gasteiger partial charge in [-0.15, -0.1) is 0 Å². The summed E-state index contributed by atoms with van der Waals surface area (Å²) in [5, 5.41) is 7.27. The van der Waals surface area contributed by atoms with Crippen molar-refractivity contribution in [1.29, 1.82) is 5.41 Å². The number of nitrogens with zero attached hydrogens (tertiary/aromatic N) is 2. The lowest BCUT2D eigenvalue weighted by Crippen LogP contribution is -2.48. The minimum atomic E-state index is -3.19. The second-order valence-corrected chi connectivity index (χ2v) is 6.71. The molecule has 0 unspecified atom stereocenters. The maximum absolute atomic E-state index is 14.0. The zero-order valence-electron chi connectivity index (χ0n) is 11.1. The third-order valence-electron chi connectivity index (χ3n) is 3.31. The van der Waals surface area contributed by atoms with Crippen molar-refractivity contribution in [2.75, 3.05) is 37.3 Å². The van der Waals surface area contributed by atoms with Gasteiger partial charge < -0.3 is 10.6 Å². The summed E-state index contributed by atoms with van der Waals surface area (Å²) >= 11 is 0. The fourth-order valence-corrected chi connectivity index (χ4v) is 3.02. The molecule has 1 aliphatic rings. The molecule has 3 N–H and O–H groups in total. The maximum atomic E-state index is 14.0. The molecule has 1 aromatic carbocycles. The molecule has 0 aromatic heterocycles. The lowest BCUT2D eigenvalue weighted by Gasteiger charge is -2.34. The molecular formula is C12H17FN4O2S. The van der Waals surface area contributed by atoms with E-state index >= 15 is 0 Å². The van der Waals surface area contributed by atoms with Crippen molar-refractivity contribution in [3.8, 4) is 0 Å². The topological polar surface area (TPSA) is 90.5 Å². The molecule has 1 aromatic rings. The van der Waals surface area contributed by atoms with Gasteiger partial charge in [-0.25, -0.2) is 12.8 Å². The van der Waals surface area contributed by atoms with Crippen LogP contribution in [0.25, 0.3) is 0 Å². The second-order valence-electron chi connectivity index (χ2n) is 4.73. The van der Waals surface area contributed by atoms with Crippen LogP contribution in [-0.2, 0) is 10.0 Å². The number of sulfonamides is 1. The molecule has 110 valence electrons. The molecule has 1 saturated heterocycles. The first-order valence-corrected chi connectivity index (χ1v) is 7.98. The van der Waals surface area contributed by atoms with Gasteiger partial charge in [0.1, 0.15) is 11.7 Å². The number of hydrogen-bond donors (Lipinski definition) is 2. The van der Waals surface area contributed by atoms with Gasteiger partial charge in [-0.2, -0.15) is 4.31 Å². The lowest BCUT2D eigenvalue weighted by molar-refractivity contribution is 0.386. The molecule has 1 aliphatic heterocycles. The van der Waals surface area contributed by atoms with Gasteiger partial charge in [0.15, 0.2) is 0 Å². The Morgan fingerprint density at radius 1 is 1.30 bits per heavy atom. The van der Waals surface area contributed by atoms with Gasteiger partial charge in [0.2, 0.25) is 10.0 Å². The molecule has 0 radical (unpaired) electrons. The van der Waals surface area contributed by atoms with Crippen LogP contribution >= 0.6 is 0 Å². The van der Waals surface area contributed by atoms with E-state index in [1.165, 1.54) is 16.6 Å². The summed E-state index contributed by atoms with van der Waals surface area (Å²) in [6.07, 6.45) is 1.17. The number of nitrogens with one attached hydrogen (secondary N) is 1. The van der Waals surface area contributed by atoms with Gasteiger partial charge in [-0.05, 0) is 18.2 Å². The van der Waals surface area contributed by atoms with Gasteiger partial charge in [-0.1, -0.05) is 0 Å². The molecule has 0 atom stereocenters. The van der Waals surface area contributed by atoms with Gasteiger partial charge in [0, 0.05) is 31.7 Å². The molecule has 0 bridgehead atoms. The zero-order valence-corrected chi connectivity index (χ0v) is 12.0. The monoisotopic (exact) mass is 300 g/mol. The summed E-state index contributed by atoms with van der Waals surface area (Å²) < 4.78 is 38.2. The summed E-state index contributed by atoms with van der Waals surface area (Å²) in [6.45, 7) is 1.55. The molecular weight excluding hydrogens is 283 g/mol. The molecule has 0 amide bonds. The van der Waals surface area contributed by atoms with Gasteiger partial charge in [0.25, 0.3) is 0 Å². The molecule has 0 aliphatic carbocycles. The van der Waals surface area contributed by atoms with E-state index in [1.54, 1.807) is 17.0 Å². The normalized spacial score (nSPS) is 17.2. The Balaban J connectivity index is 2.13. The summed E-state index contributed by atoms with van der Waals surface area (Å²) in [6, 6.07) is 4.38. The van der Waals surface area contributed by atoms with E-state index in [4.69, 9.17) is 11.1 Å². The van der Waals surface area contributed by atoms with Crippen LogP contribution in [-0.4, -0.2) is 51.0 Å². The summed E-state index contributed by atoms with van der Waals surface area (Å²) in [5.41, 5.74) is 6.05. The third kappa shape index (κ3) is 3.07. The summed E-state index contributed by atoms with van der Waals surface area (Å²) in [7, 11) is -3.19. The highest BCUT2D eigenvalue weighted by atomic mass is 32.2. The minimum Gasteiger partial charge on any atom is -0.384 e. The second kappa shape index (κ2) is 5.37. The van der Waals surface area contributed by atoms with Crippen molar-refractivity contribution in [1.82, 2.24) is 4.31 Å². The number of rotatable bonds is 3. The molecule has 0 spiro atoms. The zero-order chi connectivity index (χ0) is 14.9. The number of anilines is 1. The van der Waals surface area contributed by atoms with E-state index in [1.807, 2.05) is 0 Å². The highest BCUT2D eigenvalue weighted by molar-refractivity contribution is 7.88. The molecule has 20 heavy (non-hydrogen) atoms. The van der Waals surface area contributed by atoms with Crippen LogP contribution in [0.1, 0.15) is 5.56 Å². The Bertz CT molecular complexity index is 624. The van der Waals surface area contributed by atoms with Crippen LogP contribution in [0.3, 0.4) is 0 Å². The van der Waals surface area contributed by atoms with Crippen LogP contribution in [0.2, 0.25) is 0 Å². The average Bonchev–Trinajstić information content (AvgIpc) is 2.37. The fourth-order valence-electron chi connectivity index (χ4n) is 2.19. The highest BCUT2D eigenvalue weighted by Gasteiger charge is 2.24. The standard InChI is InChI=1S/C12H17FN4O2S/c1-20(18,19)17-6-4-16(5-7-17)11-3-2-9(12(14)15)8-10(11)13/h2-3,8H,4-7H2,1H3,(H3,14,15). The predicted octanol–water partition coefficient (Wildman–Crippen LogP) is 0.191. The van der Waals surface area contributed by atoms with Gasteiger partial charge >= 0.3 is 0 Å². The minimum absolute atomic E-state index is 0.183. The van der Waals surface area contributed by atoms with Crippen molar-refractivity contribution in [3.63, 3.8) is 0 Å². The quantitative estimate of drug-likeness (QED) is 0.616. The molecule has 2 rings (SSSR count). The van der Waals surface area contributed by atoms with E-state index < -0.39 is 15.8 Å². The number of nitrogens with two attached hydrogens (primary N) is 1. The Hall–Kier alpha value is -1.67. The largest absolute Gasteiger partial charge is 0.384 e. The SMILES string of the molecule is CS(=O)(=O)N1CCN(c2ccc(C(=N)N)cc2F)CC1. The number of nitrogen functional groups attached to an aromatic ring is 1. The van der Waals surface area contributed by atoms with E-state index in [-0.39, 0.29) is 5.84 Å². The first kappa shape index (κ1) is 14.7. The first-order chi connectivity index (χ1) is 9.29. The Kier molecular flexibility index (Phi) is 3.96. The van der Waals surface area contributed by atoms with Crippen molar-refractivity contribution in [3.05, 3.63) is 29.6 Å². The van der Waals surface area contributed by atoms with Crippen molar-refractivity contribution >= 4 is 21.5 Å². The molecule has 0 saturated carbocycles. The van der Waals surface area contributed by atoms with Crippen LogP contribution in [0, 0.1) is 11.2 Å². The van der Waals surface area contributed by atoms with Gasteiger partial charge in [0.05, 0.1) is 11.9 Å². The Morgan fingerprint density at radius 2 is 1.90 bits per heavy atom. The lowest BCUT2D eigenvalue weighted by atomic mass is 10.1. The average molecular weight is 300 g/mol. The van der Waals surface area contributed by atoms with E-state index in [0.29, 0.717) is 37.4 Å². The molecule has 1 fully saturated rings. The van der Waals surface area contributed by atoms with Crippen molar-refractivity contribution < 1.29 is 12.8 Å². The summed E-state index contributed by atoms with van der Waals surface area (Å²) in [4.78, 5) is 1.79. The predicted molar refractivity (Wildman–Crippen MR) is 76.0 cm³/mol. The van der Waals surface area contributed by atoms with Crippen LogP contribution in [0.5, 0.6) is 0 Å². The number of hydrogen-bond acceptors (Lipinski definition) is 4. The Morgan fingerprint density at radius 3 is 2.35 bits per heavy atom. The smallest absolute Gasteiger partial charge is 0.211 e.